The molecular formula is C15H15ClN2O4S. The Bertz CT molecular complexity index is 687. The molecule has 1 aromatic heterocycles. The molecule has 8 heteroatoms. The summed E-state index contributed by atoms with van der Waals surface area (Å²) in [6, 6.07) is 9.29. The standard InChI is InChI=1S/C15H15ClN2O4S/c1-10(13-6-7-14(16)23-13)17-15(19)8-9-22-12-4-2-11(3-5-12)18(20)21/h2-7,10H,8-9H2,1H3,(H,17,19). The van der Waals surface area contributed by atoms with Gasteiger partial charge in [0.15, 0.2) is 0 Å². The Morgan fingerprint density at radius 2 is 2.04 bits per heavy atom. The highest BCUT2D eigenvalue weighted by atomic mass is 35.5. The number of thiophene rings is 1. The van der Waals surface area contributed by atoms with E-state index >= 15 is 0 Å². The molecular weight excluding hydrogens is 340 g/mol. The Hall–Kier alpha value is -2.12. The van der Waals surface area contributed by atoms with Gasteiger partial charge in [0.1, 0.15) is 5.75 Å². The van der Waals surface area contributed by atoms with Gasteiger partial charge in [-0.2, -0.15) is 0 Å². The maximum absolute atomic E-state index is 11.9. The van der Waals surface area contributed by atoms with Gasteiger partial charge in [-0.25, -0.2) is 0 Å². The number of nitro groups is 1. The second kappa shape index (κ2) is 7.94. The van der Waals surface area contributed by atoms with E-state index in [0.29, 0.717) is 10.1 Å². The quantitative estimate of drug-likeness (QED) is 0.602. The molecule has 2 aromatic rings. The molecule has 0 bridgehead atoms. The molecule has 122 valence electrons. The van der Waals surface area contributed by atoms with Crippen LogP contribution in [0.25, 0.3) is 0 Å². The van der Waals surface area contributed by atoms with E-state index in [1.54, 1.807) is 6.07 Å². The molecule has 0 radical (unpaired) electrons. The fourth-order valence-corrected chi connectivity index (χ4v) is 2.93. The van der Waals surface area contributed by atoms with Crippen molar-refractivity contribution < 1.29 is 14.5 Å². The van der Waals surface area contributed by atoms with Gasteiger partial charge in [0.25, 0.3) is 5.69 Å². The Morgan fingerprint density at radius 1 is 1.35 bits per heavy atom. The van der Waals surface area contributed by atoms with Gasteiger partial charge in [0, 0.05) is 17.0 Å². The maximum Gasteiger partial charge on any atom is 0.269 e. The van der Waals surface area contributed by atoms with Crippen molar-refractivity contribution in [1.82, 2.24) is 5.32 Å². The lowest BCUT2D eigenvalue weighted by Gasteiger charge is -2.12. The van der Waals surface area contributed by atoms with Crippen LogP contribution < -0.4 is 10.1 Å². The van der Waals surface area contributed by atoms with Crippen LogP contribution in [0.2, 0.25) is 4.34 Å². The van der Waals surface area contributed by atoms with Crippen LogP contribution >= 0.6 is 22.9 Å². The third-order valence-electron chi connectivity index (χ3n) is 3.04. The minimum absolute atomic E-state index is 0.00136. The number of carbonyl (C=O) groups is 1. The van der Waals surface area contributed by atoms with Crippen molar-refractivity contribution in [3.8, 4) is 5.75 Å². The molecule has 0 spiro atoms. The lowest BCUT2D eigenvalue weighted by Crippen LogP contribution is -2.27. The van der Waals surface area contributed by atoms with E-state index in [1.807, 2.05) is 13.0 Å². The number of nitrogens with zero attached hydrogens (tertiary/aromatic N) is 1. The second-order valence-electron chi connectivity index (χ2n) is 4.78. The molecule has 0 fully saturated rings. The fourth-order valence-electron chi connectivity index (χ4n) is 1.87. The Balaban J connectivity index is 1.75. The number of benzene rings is 1. The molecule has 1 amide bonds. The third kappa shape index (κ3) is 5.22. The van der Waals surface area contributed by atoms with E-state index < -0.39 is 4.92 Å². The summed E-state index contributed by atoms with van der Waals surface area (Å²) in [4.78, 5) is 22.9. The highest BCUT2D eigenvalue weighted by Gasteiger charge is 2.12. The Morgan fingerprint density at radius 3 is 2.61 bits per heavy atom. The van der Waals surface area contributed by atoms with Crippen molar-refractivity contribution in [3.05, 3.63) is 55.7 Å². The molecule has 0 saturated carbocycles. The minimum Gasteiger partial charge on any atom is -0.493 e. The van der Waals surface area contributed by atoms with Gasteiger partial charge in [-0.1, -0.05) is 11.6 Å². The van der Waals surface area contributed by atoms with Gasteiger partial charge in [0.05, 0.1) is 28.3 Å². The summed E-state index contributed by atoms with van der Waals surface area (Å²) < 4.78 is 6.08. The van der Waals surface area contributed by atoms with Gasteiger partial charge in [-0.15, -0.1) is 11.3 Å². The SMILES string of the molecule is CC(NC(=O)CCOc1ccc([N+](=O)[O-])cc1)c1ccc(Cl)s1. The molecule has 23 heavy (non-hydrogen) atoms. The van der Waals surface area contributed by atoms with Crippen LogP contribution in [0.5, 0.6) is 5.75 Å². The number of hydrogen-bond acceptors (Lipinski definition) is 5. The van der Waals surface area contributed by atoms with Crippen molar-refractivity contribution in [2.75, 3.05) is 6.61 Å². The first-order valence-electron chi connectivity index (χ1n) is 6.87. The average molecular weight is 355 g/mol. The molecule has 6 nitrogen and oxygen atoms in total. The number of nitro benzene ring substituents is 1. The highest BCUT2D eigenvalue weighted by molar-refractivity contribution is 7.16. The summed E-state index contributed by atoms with van der Waals surface area (Å²) in [6.07, 6.45) is 0.195. The molecule has 0 aliphatic carbocycles. The van der Waals surface area contributed by atoms with Gasteiger partial charge < -0.3 is 10.1 Å². The lowest BCUT2D eigenvalue weighted by atomic mass is 10.2. The van der Waals surface area contributed by atoms with Crippen LogP contribution in [-0.4, -0.2) is 17.4 Å². The Kier molecular flexibility index (Phi) is 5.95. The molecule has 1 N–H and O–H groups in total. The summed E-state index contributed by atoms with van der Waals surface area (Å²) in [5.41, 5.74) is -0.00136. The average Bonchev–Trinajstić information content (AvgIpc) is 2.94. The summed E-state index contributed by atoms with van der Waals surface area (Å²) in [7, 11) is 0. The summed E-state index contributed by atoms with van der Waals surface area (Å²) in [6.45, 7) is 2.08. The first kappa shape index (κ1) is 17.2. The number of halogens is 1. The number of carbonyl (C=O) groups excluding carboxylic acids is 1. The van der Waals surface area contributed by atoms with E-state index in [4.69, 9.17) is 16.3 Å². The minimum atomic E-state index is -0.477. The zero-order valence-electron chi connectivity index (χ0n) is 12.3. The molecule has 1 unspecified atom stereocenters. The van der Waals surface area contributed by atoms with E-state index in [-0.39, 0.29) is 30.7 Å². The maximum atomic E-state index is 11.9. The largest absolute Gasteiger partial charge is 0.493 e. The smallest absolute Gasteiger partial charge is 0.269 e. The number of amides is 1. The predicted molar refractivity (Wildman–Crippen MR) is 89.1 cm³/mol. The van der Waals surface area contributed by atoms with Crippen LogP contribution in [0, 0.1) is 10.1 Å². The molecule has 0 saturated heterocycles. The predicted octanol–water partition coefficient (Wildman–Crippen LogP) is 3.96. The number of rotatable bonds is 7. The van der Waals surface area contributed by atoms with Crippen molar-refractivity contribution in [2.24, 2.45) is 0 Å². The van der Waals surface area contributed by atoms with Crippen LogP contribution in [0.3, 0.4) is 0 Å². The number of non-ortho nitro benzene ring substituents is 1. The lowest BCUT2D eigenvalue weighted by molar-refractivity contribution is -0.384. The molecule has 1 atom stereocenters. The molecule has 1 aromatic carbocycles. The van der Waals surface area contributed by atoms with Crippen molar-refractivity contribution in [2.45, 2.75) is 19.4 Å². The van der Waals surface area contributed by atoms with E-state index in [2.05, 4.69) is 5.32 Å². The normalized spacial score (nSPS) is 11.7. The topological polar surface area (TPSA) is 81.5 Å². The van der Waals surface area contributed by atoms with E-state index in [0.717, 1.165) is 4.88 Å². The number of hydrogen-bond donors (Lipinski definition) is 1. The second-order valence-corrected chi connectivity index (χ2v) is 6.53. The Labute approximate surface area is 142 Å². The van der Waals surface area contributed by atoms with E-state index in [1.165, 1.54) is 35.6 Å². The first-order chi connectivity index (χ1) is 11.0. The van der Waals surface area contributed by atoms with Gasteiger partial charge >= 0.3 is 0 Å². The zero-order valence-corrected chi connectivity index (χ0v) is 13.9. The van der Waals surface area contributed by atoms with Gasteiger partial charge in [-0.05, 0) is 31.2 Å². The van der Waals surface area contributed by atoms with E-state index in [9.17, 15) is 14.9 Å². The summed E-state index contributed by atoms with van der Waals surface area (Å²) in [5.74, 6) is 0.352. The van der Waals surface area contributed by atoms with Crippen LogP contribution in [-0.2, 0) is 4.79 Å². The summed E-state index contributed by atoms with van der Waals surface area (Å²) >= 11 is 7.29. The van der Waals surface area contributed by atoms with Gasteiger partial charge in [-0.3, -0.25) is 14.9 Å². The van der Waals surface area contributed by atoms with Crippen molar-refractivity contribution in [1.29, 1.82) is 0 Å². The highest BCUT2D eigenvalue weighted by Crippen LogP contribution is 2.26. The zero-order chi connectivity index (χ0) is 16.8. The third-order valence-corrected chi connectivity index (χ3v) is 4.46. The van der Waals surface area contributed by atoms with Crippen LogP contribution in [0.4, 0.5) is 5.69 Å². The van der Waals surface area contributed by atoms with Crippen molar-refractivity contribution in [3.63, 3.8) is 0 Å². The fraction of sp³-hybridized carbons (Fsp3) is 0.267. The molecule has 0 aliphatic heterocycles. The van der Waals surface area contributed by atoms with Crippen LogP contribution in [0.15, 0.2) is 36.4 Å². The summed E-state index contributed by atoms with van der Waals surface area (Å²) in [5, 5.41) is 13.4. The molecule has 0 aliphatic rings. The van der Waals surface area contributed by atoms with Gasteiger partial charge in [0.2, 0.25) is 5.91 Å². The molecule has 1 heterocycles. The monoisotopic (exact) mass is 354 g/mol. The number of nitrogens with one attached hydrogen (secondary N) is 1. The van der Waals surface area contributed by atoms with Crippen LogP contribution in [0.1, 0.15) is 24.3 Å². The first-order valence-corrected chi connectivity index (χ1v) is 8.07. The number of ether oxygens (including phenoxy) is 1. The molecule has 2 rings (SSSR count). The van der Waals surface area contributed by atoms with Crippen molar-refractivity contribution >= 4 is 34.5 Å².